The number of rotatable bonds is 5. The van der Waals surface area contributed by atoms with Gasteiger partial charge in [-0.25, -0.2) is 4.68 Å². The SMILES string of the molecule is O=Cc1ccc(OCCn2ncc3ccccc3c2=O)cc1. The lowest BCUT2D eigenvalue weighted by Gasteiger charge is -2.08. The van der Waals surface area contributed by atoms with E-state index in [2.05, 4.69) is 5.10 Å². The summed E-state index contributed by atoms with van der Waals surface area (Å²) in [7, 11) is 0. The Bertz CT molecular complexity index is 854. The van der Waals surface area contributed by atoms with E-state index in [4.69, 9.17) is 4.74 Å². The predicted molar refractivity (Wildman–Crippen MR) is 83.3 cm³/mol. The van der Waals surface area contributed by atoms with Crippen molar-refractivity contribution in [1.29, 1.82) is 0 Å². The summed E-state index contributed by atoms with van der Waals surface area (Å²) in [6.45, 7) is 0.685. The van der Waals surface area contributed by atoms with Crippen molar-refractivity contribution >= 4 is 17.1 Å². The minimum Gasteiger partial charge on any atom is -0.492 e. The van der Waals surface area contributed by atoms with E-state index in [-0.39, 0.29) is 5.56 Å². The van der Waals surface area contributed by atoms with Crippen LogP contribution in [0.2, 0.25) is 0 Å². The Kier molecular flexibility index (Phi) is 3.96. The van der Waals surface area contributed by atoms with Crippen molar-refractivity contribution < 1.29 is 9.53 Å². The number of carbonyl (C=O) groups is 1. The average molecular weight is 294 g/mol. The normalized spacial score (nSPS) is 10.5. The number of carbonyl (C=O) groups excluding carboxylic acids is 1. The number of aldehydes is 1. The molecular weight excluding hydrogens is 280 g/mol. The van der Waals surface area contributed by atoms with Crippen molar-refractivity contribution in [1.82, 2.24) is 9.78 Å². The standard InChI is InChI=1S/C17H14N2O3/c20-12-13-5-7-15(8-6-13)22-10-9-19-17(21)16-4-2-1-3-14(16)11-18-19/h1-8,11-12H,9-10H2. The maximum absolute atomic E-state index is 12.3. The highest BCUT2D eigenvalue weighted by Gasteiger charge is 2.03. The lowest BCUT2D eigenvalue weighted by atomic mass is 10.2. The molecule has 0 spiro atoms. The van der Waals surface area contributed by atoms with Gasteiger partial charge in [0.2, 0.25) is 0 Å². The summed E-state index contributed by atoms with van der Waals surface area (Å²) in [6, 6.07) is 14.2. The Labute approximate surface area is 126 Å². The van der Waals surface area contributed by atoms with E-state index in [9.17, 15) is 9.59 Å². The van der Waals surface area contributed by atoms with E-state index in [1.807, 2.05) is 18.2 Å². The van der Waals surface area contributed by atoms with Crippen LogP contribution in [-0.4, -0.2) is 22.7 Å². The van der Waals surface area contributed by atoms with Crippen molar-refractivity contribution in [3.63, 3.8) is 0 Å². The highest BCUT2D eigenvalue weighted by atomic mass is 16.5. The molecule has 0 aliphatic rings. The van der Waals surface area contributed by atoms with Gasteiger partial charge in [-0.2, -0.15) is 5.10 Å². The Morgan fingerprint density at radius 2 is 1.86 bits per heavy atom. The van der Waals surface area contributed by atoms with Crippen LogP contribution in [0, 0.1) is 0 Å². The van der Waals surface area contributed by atoms with Crippen molar-refractivity contribution in [3.8, 4) is 5.75 Å². The lowest BCUT2D eigenvalue weighted by Crippen LogP contribution is -2.25. The first kappa shape index (κ1) is 14.0. The van der Waals surface area contributed by atoms with Gasteiger partial charge in [-0.3, -0.25) is 9.59 Å². The molecule has 0 fully saturated rings. The Morgan fingerprint density at radius 1 is 1.09 bits per heavy atom. The van der Waals surface area contributed by atoms with Gasteiger partial charge < -0.3 is 4.74 Å². The number of fused-ring (bicyclic) bond motifs is 1. The molecule has 110 valence electrons. The number of ether oxygens (including phenoxy) is 1. The van der Waals surface area contributed by atoms with Gasteiger partial charge in [0.25, 0.3) is 5.56 Å². The Morgan fingerprint density at radius 3 is 2.64 bits per heavy atom. The van der Waals surface area contributed by atoms with E-state index in [1.54, 1.807) is 36.5 Å². The van der Waals surface area contributed by atoms with Gasteiger partial charge in [-0.1, -0.05) is 18.2 Å². The van der Waals surface area contributed by atoms with Gasteiger partial charge in [0.05, 0.1) is 18.1 Å². The fourth-order valence-corrected chi connectivity index (χ4v) is 2.18. The fourth-order valence-electron chi connectivity index (χ4n) is 2.18. The van der Waals surface area contributed by atoms with Crippen LogP contribution in [0.4, 0.5) is 0 Å². The quantitative estimate of drug-likeness (QED) is 0.677. The minimum absolute atomic E-state index is 0.127. The van der Waals surface area contributed by atoms with Gasteiger partial charge in [0.15, 0.2) is 0 Å². The van der Waals surface area contributed by atoms with Crippen LogP contribution >= 0.6 is 0 Å². The first-order chi connectivity index (χ1) is 10.8. The first-order valence-corrected chi connectivity index (χ1v) is 6.91. The van der Waals surface area contributed by atoms with Crippen LogP contribution in [0.15, 0.2) is 59.5 Å². The minimum atomic E-state index is -0.127. The molecule has 0 aliphatic heterocycles. The van der Waals surface area contributed by atoms with E-state index in [1.165, 1.54) is 4.68 Å². The second-order valence-corrected chi connectivity index (χ2v) is 4.80. The number of hydrogen-bond acceptors (Lipinski definition) is 4. The van der Waals surface area contributed by atoms with E-state index < -0.39 is 0 Å². The van der Waals surface area contributed by atoms with Crippen LogP contribution in [0.1, 0.15) is 10.4 Å². The zero-order valence-corrected chi connectivity index (χ0v) is 11.8. The second kappa shape index (κ2) is 6.22. The van der Waals surface area contributed by atoms with Crippen LogP contribution < -0.4 is 10.3 Å². The summed E-state index contributed by atoms with van der Waals surface area (Å²) >= 11 is 0. The number of hydrogen-bond donors (Lipinski definition) is 0. The molecule has 0 amide bonds. The summed E-state index contributed by atoms with van der Waals surface area (Å²) in [5.74, 6) is 0.652. The first-order valence-electron chi connectivity index (χ1n) is 6.91. The lowest BCUT2D eigenvalue weighted by molar-refractivity contribution is 0.112. The monoisotopic (exact) mass is 294 g/mol. The molecule has 22 heavy (non-hydrogen) atoms. The van der Waals surface area contributed by atoms with Crippen molar-refractivity contribution in [3.05, 3.63) is 70.6 Å². The molecule has 0 N–H and O–H groups in total. The number of nitrogens with zero attached hydrogens (tertiary/aromatic N) is 2. The van der Waals surface area contributed by atoms with Gasteiger partial charge in [0, 0.05) is 10.9 Å². The smallest absolute Gasteiger partial charge is 0.274 e. The summed E-state index contributed by atoms with van der Waals surface area (Å²) in [4.78, 5) is 22.8. The van der Waals surface area contributed by atoms with Gasteiger partial charge in [0.1, 0.15) is 18.6 Å². The topological polar surface area (TPSA) is 61.2 Å². The molecule has 0 bridgehead atoms. The Hall–Kier alpha value is -2.95. The third kappa shape index (κ3) is 2.88. The highest BCUT2D eigenvalue weighted by molar-refractivity contribution is 5.80. The van der Waals surface area contributed by atoms with Gasteiger partial charge in [-0.15, -0.1) is 0 Å². The predicted octanol–water partition coefficient (Wildman–Crippen LogP) is 2.29. The van der Waals surface area contributed by atoms with Crippen LogP contribution in [0.3, 0.4) is 0 Å². The Balaban J connectivity index is 1.70. The molecule has 0 unspecified atom stereocenters. The third-order valence-electron chi connectivity index (χ3n) is 3.35. The molecule has 5 nitrogen and oxygen atoms in total. The summed E-state index contributed by atoms with van der Waals surface area (Å²) in [6.07, 6.45) is 2.46. The summed E-state index contributed by atoms with van der Waals surface area (Å²) in [5, 5.41) is 5.62. The second-order valence-electron chi connectivity index (χ2n) is 4.80. The van der Waals surface area contributed by atoms with Gasteiger partial charge in [-0.05, 0) is 30.3 Å². The molecular formula is C17H14N2O3. The molecule has 0 radical (unpaired) electrons. The van der Waals surface area contributed by atoms with E-state index >= 15 is 0 Å². The van der Waals surface area contributed by atoms with Crippen molar-refractivity contribution in [2.24, 2.45) is 0 Å². The average Bonchev–Trinajstić information content (AvgIpc) is 2.58. The zero-order valence-electron chi connectivity index (χ0n) is 11.8. The maximum atomic E-state index is 12.3. The zero-order chi connectivity index (χ0) is 15.4. The van der Waals surface area contributed by atoms with Crippen LogP contribution in [-0.2, 0) is 6.54 Å². The fraction of sp³-hybridized carbons (Fsp3) is 0.118. The summed E-state index contributed by atoms with van der Waals surface area (Å²) in [5.41, 5.74) is 0.470. The molecule has 3 aromatic rings. The van der Waals surface area contributed by atoms with E-state index in [0.717, 1.165) is 11.7 Å². The maximum Gasteiger partial charge on any atom is 0.274 e. The molecule has 1 heterocycles. The number of benzene rings is 2. The molecule has 5 heteroatoms. The molecule has 1 aromatic heterocycles. The number of aromatic nitrogens is 2. The molecule has 0 saturated heterocycles. The molecule has 2 aromatic carbocycles. The van der Waals surface area contributed by atoms with E-state index in [0.29, 0.717) is 29.9 Å². The molecule has 0 aliphatic carbocycles. The van der Waals surface area contributed by atoms with Crippen LogP contribution in [0.5, 0.6) is 5.75 Å². The van der Waals surface area contributed by atoms with Gasteiger partial charge >= 0.3 is 0 Å². The van der Waals surface area contributed by atoms with Crippen molar-refractivity contribution in [2.75, 3.05) is 6.61 Å². The largest absolute Gasteiger partial charge is 0.492 e. The van der Waals surface area contributed by atoms with Crippen molar-refractivity contribution in [2.45, 2.75) is 6.54 Å². The molecule has 0 atom stereocenters. The summed E-state index contributed by atoms with van der Waals surface area (Å²) < 4.78 is 6.95. The molecule has 0 saturated carbocycles. The van der Waals surface area contributed by atoms with Crippen LogP contribution in [0.25, 0.3) is 10.8 Å². The third-order valence-corrected chi connectivity index (χ3v) is 3.35. The highest BCUT2D eigenvalue weighted by Crippen LogP contribution is 2.11. The molecule has 3 rings (SSSR count).